The van der Waals surface area contributed by atoms with E-state index in [1.807, 2.05) is 0 Å². The molecular weight excluding hydrogens is 214 g/mol. The van der Waals surface area contributed by atoms with E-state index in [-0.39, 0.29) is 5.56 Å². The summed E-state index contributed by atoms with van der Waals surface area (Å²) in [5, 5.41) is 3.17. The molecule has 1 rings (SSSR count). The topological polar surface area (TPSA) is 46.9 Å². The van der Waals surface area contributed by atoms with Crippen molar-refractivity contribution in [3.63, 3.8) is 0 Å². The zero-order valence-corrected chi connectivity index (χ0v) is 11.1. The van der Waals surface area contributed by atoms with E-state index in [9.17, 15) is 4.79 Å². The molecule has 0 radical (unpaired) electrons. The maximum atomic E-state index is 12.0. The van der Waals surface area contributed by atoms with Crippen molar-refractivity contribution in [3.8, 4) is 0 Å². The van der Waals surface area contributed by atoms with E-state index in [1.165, 1.54) is 0 Å². The Hall–Kier alpha value is -1.32. The number of anilines is 1. The van der Waals surface area contributed by atoms with Crippen LogP contribution in [0.25, 0.3) is 0 Å². The fourth-order valence-electron chi connectivity index (χ4n) is 1.80. The molecule has 4 nitrogen and oxygen atoms in total. The normalized spacial score (nSPS) is 10.8. The molecule has 0 aromatic carbocycles. The largest absolute Gasteiger partial charge is 0.365 e. The lowest BCUT2D eigenvalue weighted by Crippen LogP contribution is -2.26. The Morgan fingerprint density at radius 1 is 1.35 bits per heavy atom. The highest BCUT2D eigenvalue weighted by atomic mass is 16.1. The summed E-state index contributed by atoms with van der Waals surface area (Å²) in [4.78, 5) is 16.1. The number of nitrogens with one attached hydrogen (secondary N) is 1. The molecule has 0 unspecified atom stereocenters. The van der Waals surface area contributed by atoms with Gasteiger partial charge in [0.2, 0.25) is 0 Å². The van der Waals surface area contributed by atoms with E-state index in [4.69, 9.17) is 0 Å². The van der Waals surface area contributed by atoms with Gasteiger partial charge in [0.05, 0.1) is 0 Å². The quantitative estimate of drug-likeness (QED) is 0.792. The van der Waals surface area contributed by atoms with Gasteiger partial charge in [-0.1, -0.05) is 33.6 Å². The Morgan fingerprint density at radius 3 is 2.65 bits per heavy atom. The summed E-state index contributed by atoms with van der Waals surface area (Å²) in [6.07, 6.45) is 6.63. The van der Waals surface area contributed by atoms with Gasteiger partial charge in [-0.05, 0) is 12.3 Å². The van der Waals surface area contributed by atoms with Crippen LogP contribution in [0.3, 0.4) is 0 Å². The number of rotatable bonds is 7. The molecule has 0 spiro atoms. The molecule has 0 atom stereocenters. The number of hydrogen-bond acceptors (Lipinski definition) is 3. The van der Waals surface area contributed by atoms with Crippen LogP contribution in [0.2, 0.25) is 0 Å². The number of aryl methyl sites for hydroxylation is 1. The lowest BCUT2D eigenvalue weighted by Gasteiger charge is -2.14. The molecule has 0 aliphatic carbocycles. The first kappa shape index (κ1) is 13.7. The van der Waals surface area contributed by atoms with Crippen molar-refractivity contribution in [1.29, 1.82) is 0 Å². The van der Waals surface area contributed by atoms with Crippen LogP contribution in [0.15, 0.2) is 17.2 Å². The van der Waals surface area contributed by atoms with Crippen molar-refractivity contribution in [2.45, 2.75) is 46.6 Å². The standard InChI is InChI=1S/C13H23N3O/c1-4-8-16-9-7-14-12(13(16)17)15-10-11(5-2)6-3/h7,9,11H,4-6,8,10H2,1-3H3,(H,14,15). The molecule has 0 bridgehead atoms. The molecule has 1 aromatic heterocycles. The summed E-state index contributed by atoms with van der Waals surface area (Å²) in [5.41, 5.74) is -0.0136. The second-order valence-corrected chi connectivity index (χ2v) is 4.34. The first-order chi connectivity index (χ1) is 8.22. The van der Waals surface area contributed by atoms with Gasteiger partial charge in [0, 0.05) is 25.5 Å². The minimum Gasteiger partial charge on any atom is -0.365 e. The molecule has 0 aliphatic heterocycles. The van der Waals surface area contributed by atoms with Crippen molar-refractivity contribution >= 4 is 5.82 Å². The zero-order chi connectivity index (χ0) is 12.7. The Bertz CT molecular complexity index is 382. The Morgan fingerprint density at radius 2 is 2.06 bits per heavy atom. The van der Waals surface area contributed by atoms with Crippen LogP contribution in [-0.2, 0) is 6.54 Å². The van der Waals surface area contributed by atoms with Gasteiger partial charge >= 0.3 is 0 Å². The number of aromatic nitrogens is 2. The van der Waals surface area contributed by atoms with Crippen LogP contribution in [-0.4, -0.2) is 16.1 Å². The van der Waals surface area contributed by atoms with Gasteiger partial charge < -0.3 is 9.88 Å². The Balaban J connectivity index is 2.71. The predicted molar refractivity (Wildman–Crippen MR) is 71.3 cm³/mol. The number of hydrogen-bond donors (Lipinski definition) is 1. The highest BCUT2D eigenvalue weighted by Crippen LogP contribution is 2.07. The maximum Gasteiger partial charge on any atom is 0.293 e. The Kier molecular flexibility index (Phi) is 5.73. The van der Waals surface area contributed by atoms with E-state index in [0.29, 0.717) is 11.7 Å². The van der Waals surface area contributed by atoms with Gasteiger partial charge in [-0.2, -0.15) is 0 Å². The minimum absolute atomic E-state index is 0.0136. The van der Waals surface area contributed by atoms with Crippen LogP contribution in [0.4, 0.5) is 5.82 Å². The summed E-state index contributed by atoms with van der Waals surface area (Å²) in [6, 6.07) is 0. The van der Waals surface area contributed by atoms with Crippen LogP contribution in [0, 0.1) is 5.92 Å². The van der Waals surface area contributed by atoms with E-state index in [2.05, 4.69) is 31.1 Å². The molecule has 1 aromatic rings. The molecule has 0 saturated carbocycles. The molecular formula is C13H23N3O. The smallest absolute Gasteiger partial charge is 0.293 e. The van der Waals surface area contributed by atoms with Crippen molar-refractivity contribution in [2.75, 3.05) is 11.9 Å². The predicted octanol–water partition coefficient (Wildman–Crippen LogP) is 2.50. The third-order valence-corrected chi connectivity index (χ3v) is 3.09. The molecule has 0 aliphatic rings. The average molecular weight is 237 g/mol. The SMILES string of the molecule is CCCn1ccnc(NCC(CC)CC)c1=O. The second-order valence-electron chi connectivity index (χ2n) is 4.34. The molecule has 1 heterocycles. The van der Waals surface area contributed by atoms with Crippen LogP contribution in [0.1, 0.15) is 40.0 Å². The minimum atomic E-state index is -0.0136. The van der Waals surface area contributed by atoms with Crippen molar-refractivity contribution in [2.24, 2.45) is 5.92 Å². The van der Waals surface area contributed by atoms with E-state index < -0.39 is 0 Å². The molecule has 17 heavy (non-hydrogen) atoms. The summed E-state index contributed by atoms with van der Waals surface area (Å²) in [5.74, 6) is 1.09. The van der Waals surface area contributed by atoms with Gasteiger partial charge in [0.15, 0.2) is 5.82 Å². The van der Waals surface area contributed by atoms with Gasteiger partial charge in [-0.25, -0.2) is 4.98 Å². The first-order valence-electron chi connectivity index (χ1n) is 6.52. The molecule has 0 amide bonds. The second kappa shape index (κ2) is 7.09. The molecule has 96 valence electrons. The molecule has 0 fully saturated rings. The van der Waals surface area contributed by atoms with Crippen molar-refractivity contribution in [3.05, 3.63) is 22.7 Å². The highest BCUT2D eigenvalue weighted by Gasteiger charge is 2.07. The zero-order valence-electron chi connectivity index (χ0n) is 11.1. The summed E-state index contributed by atoms with van der Waals surface area (Å²) in [6.45, 7) is 7.98. The third-order valence-electron chi connectivity index (χ3n) is 3.09. The van der Waals surface area contributed by atoms with Crippen molar-refractivity contribution in [1.82, 2.24) is 9.55 Å². The van der Waals surface area contributed by atoms with Crippen LogP contribution >= 0.6 is 0 Å². The Labute approximate surface area is 103 Å². The monoisotopic (exact) mass is 237 g/mol. The summed E-state index contributed by atoms with van der Waals surface area (Å²) < 4.78 is 1.71. The average Bonchev–Trinajstić information content (AvgIpc) is 2.35. The van der Waals surface area contributed by atoms with Crippen molar-refractivity contribution < 1.29 is 0 Å². The fraction of sp³-hybridized carbons (Fsp3) is 0.692. The lowest BCUT2D eigenvalue weighted by molar-refractivity contribution is 0.517. The molecule has 4 heteroatoms. The highest BCUT2D eigenvalue weighted by molar-refractivity contribution is 5.30. The maximum absolute atomic E-state index is 12.0. The molecule has 0 saturated heterocycles. The van der Waals surface area contributed by atoms with Gasteiger partial charge in [-0.3, -0.25) is 4.79 Å². The van der Waals surface area contributed by atoms with E-state index in [1.54, 1.807) is 17.0 Å². The lowest BCUT2D eigenvalue weighted by atomic mass is 10.0. The summed E-state index contributed by atoms with van der Waals surface area (Å²) >= 11 is 0. The number of nitrogens with zero attached hydrogens (tertiary/aromatic N) is 2. The third kappa shape index (κ3) is 3.88. The van der Waals surface area contributed by atoms with Gasteiger partial charge in [0.1, 0.15) is 0 Å². The van der Waals surface area contributed by atoms with Crippen LogP contribution in [0.5, 0.6) is 0 Å². The fourth-order valence-corrected chi connectivity index (χ4v) is 1.80. The van der Waals surface area contributed by atoms with E-state index in [0.717, 1.165) is 32.4 Å². The van der Waals surface area contributed by atoms with Gasteiger partial charge in [-0.15, -0.1) is 0 Å². The van der Waals surface area contributed by atoms with Gasteiger partial charge in [0.25, 0.3) is 5.56 Å². The summed E-state index contributed by atoms with van der Waals surface area (Å²) in [7, 11) is 0. The van der Waals surface area contributed by atoms with E-state index >= 15 is 0 Å². The van der Waals surface area contributed by atoms with Crippen LogP contribution < -0.4 is 10.9 Å². The first-order valence-corrected chi connectivity index (χ1v) is 6.52. The molecule has 1 N–H and O–H groups in total.